The molecule has 0 unspecified atom stereocenters. The van der Waals surface area contributed by atoms with Crippen molar-refractivity contribution in [3.05, 3.63) is 24.3 Å². The van der Waals surface area contributed by atoms with Crippen LogP contribution in [0.25, 0.3) is 0 Å². The van der Waals surface area contributed by atoms with Crippen LogP contribution in [-0.4, -0.2) is 44.6 Å². The van der Waals surface area contributed by atoms with E-state index in [1.165, 1.54) is 5.69 Å². The minimum absolute atomic E-state index is 0.551. The lowest BCUT2D eigenvalue weighted by molar-refractivity contribution is 0.409. The summed E-state index contributed by atoms with van der Waals surface area (Å²) in [7, 11) is 0.551. The second-order valence-corrected chi connectivity index (χ2v) is 4.05. The van der Waals surface area contributed by atoms with Crippen LogP contribution in [0.4, 0.5) is 11.4 Å². The smallest absolute Gasteiger partial charge is 0.281 e. The van der Waals surface area contributed by atoms with Gasteiger partial charge in [0, 0.05) is 37.6 Å². The molecule has 2 N–H and O–H groups in total. The molecule has 84 valence electrons. The number of nitrogens with zero attached hydrogens (tertiary/aromatic N) is 2. The average Bonchev–Trinajstić information content (AvgIpc) is 2.32. The minimum atomic E-state index is 0.551. The number of carbonyl (C=O) groups is 1. The van der Waals surface area contributed by atoms with E-state index in [2.05, 4.69) is 9.71 Å². The lowest BCUT2D eigenvalue weighted by Crippen LogP contribution is -2.48. The summed E-state index contributed by atoms with van der Waals surface area (Å²) in [4.78, 5) is 14.9. The molecular weight excluding hydrogens is 201 g/mol. The van der Waals surface area contributed by atoms with E-state index in [-0.39, 0.29) is 0 Å². The molecule has 1 saturated heterocycles. The van der Waals surface area contributed by atoms with Crippen molar-refractivity contribution in [2.75, 3.05) is 36.8 Å². The van der Waals surface area contributed by atoms with E-state index in [9.17, 15) is 4.79 Å². The van der Waals surface area contributed by atoms with Crippen LogP contribution in [-0.2, 0) is 4.79 Å². The highest BCUT2D eigenvalue weighted by molar-refractivity contribution is 6.64. The van der Waals surface area contributed by atoms with Crippen molar-refractivity contribution >= 4 is 25.0 Å². The number of anilines is 2. The van der Waals surface area contributed by atoms with Crippen LogP contribution in [0, 0.1) is 0 Å². The first-order valence-electron chi connectivity index (χ1n) is 5.56. The van der Waals surface area contributed by atoms with E-state index in [4.69, 9.17) is 5.73 Å². The highest BCUT2D eigenvalue weighted by Gasteiger charge is 2.16. The number of hydrogen-bond donors (Lipinski definition) is 1. The number of piperazine rings is 1. The summed E-state index contributed by atoms with van der Waals surface area (Å²) >= 11 is 0. The van der Waals surface area contributed by atoms with E-state index in [0.29, 0.717) is 7.41 Å². The van der Waals surface area contributed by atoms with Gasteiger partial charge < -0.3 is 20.2 Å². The number of hydrogen-bond acceptors (Lipinski definition) is 4. The summed E-state index contributed by atoms with van der Waals surface area (Å²) in [6.45, 7) is 3.84. The average molecular weight is 217 g/mol. The van der Waals surface area contributed by atoms with Crippen molar-refractivity contribution in [1.82, 2.24) is 4.81 Å². The fraction of sp³-hybridized carbons (Fsp3) is 0.364. The second kappa shape index (κ2) is 5.03. The van der Waals surface area contributed by atoms with E-state index >= 15 is 0 Å². The van der Waals surface area contributed by atoms with Gasteiger partial charge in [0.15, 0.2) is 0 Å². The van der Waals surface area contributed by atoms with Crippen molar-refractivity contribution in [2.45, 2.75) is 0 Å². The topological polar surface area (TPSA) is 49.6 Å². The predicted molar refractivity (Wildman–Crippen MR) is 68.5 cm³/mol. The lowest BCUT2D eigenvalue weighted by atomic mass is 9.93. The predicted octanol–water partition coefficient (Wildman–Crippen LogP) is -0.0675. The molecule has 1 heterocycles. The first-order chi connectivity index (χ1) is 7.79. The molecule has 1 aromatic rings. The Balaban J connectivity index is 1.93. The van der Waals surface area contributed by atoms with Crippen LogP contribution in [0.2, 0.25) is 0 Å². The summed E-state index contributed by atoms with van der Waals surface area (Å²) in [5.74, 6) is 0. The molecule has 0 aromatic heterocycles. The first kappa shape index (κ1) is 11.0. The zero-order valence-corrected chi connectivity index (χ0v) is 9.30. The van der Waals surface area contributed by atoms with Crippen LogP contribution in [0.15, 0.2) is 24.3 Å². The third-order valence-corrected chi connectivity index (χ3v) is 2.96. The molecule has 1 fully saturated rings. The van der Waals surface area contributed by atoms with Gasteiger partial charge in [-0.2, -0.15) is 0 Å². The third kappa shape index (κ3) is 2.55. The molecule has 5 heteroatoms. The SMILES string of the molecule is Nc1ccc(N2CCN(BC=O)CC2)cc1. The Morgan fingerprint density at radius 1 is 1.12 bits per heavy atom. The van der Waals surface area contributed by atoms with Gasteiger partial charge in [-0.15, -0.1) is 0 Å². The molecule has 1 aromatic carbocycles. The number of benzene rings is 1. The molecule has 2 rings (SSSR count). The Kier molecular flexibility index (Phi) is 3.46. The molecular formula is C11H16BN3O. The number of carbonyl (C=O) groups excluding carboxylic acids is 1. The van der Waals surface area contributed by atoms with Gasteiger partial charge in [0.05, 0.1) is 6.19 Å². The van der Waals surface area contributed by atoms with Gasteiger partial charge in [-0.25, -0.2) is 0 Å². The third-order valence-electron chi connectivity index (χ3n) is 2.96. The van der Waals surface area contributed by atoms with Gasteiger partial charge in [-0.3, -0.25) is 0 Å². The fourth-order valence-corrected chi connectivity index (χ4v) is 1.98. The van der Waals surface area contributed by atoms with E-state index < -0.39 is 0 Å². The summed E-state index contributed by atoms with van der Waals surface area (Å²) in [5, 5.41) is 0. The van der Waals surface area contributed by atoms with Gasteiger partial charge in [-0.1, -0.05) is 0 Å². The molecule has 1 aliphatic rings. The lowest BCUT2D eigenvalue weighted by Gasteiger charge is -2.35. The molecule has 0 radical (unpaired) electrons. The van der Waals surface area contributed by atoms with Crippen LogP contribution >= 0.6 is 0 Å². The second-order valence-electron chi connectivity index (χ2n) is 4.05. The van der Waals surface area contributed by atoms with Crippen LogP contribution in [0.1, 0.15) is 0 Å². The number of nitrogens with two attached hydrogens (primary N) is 1. The molecule has 0 aliphatic carbocycles. The maximum Gasteiger partial charge on any atom is 0.281 e. The zero-order chi connectivity index (χ0) is 11.4. The van der Waals surface area contributed by atoms with E-state index in [0.717, 1.165) is 38.1 Å². The Bertz CT molecular complexity index is 347. The molecule has 0 bridgehead atoms. The monoisotopic (exact) mass is 217 g/mol. The molecule has 0 saturated carbocycles. The van der Waals surface area contributed by atoms with Gasteiger partial charge in [0.2, 0.25) is 0 Å². The van der Waals surface area contributed by atoms with Gasteiger partial charge >= 0.3 is 0 Å². The van der Waals surface area contributed by atoms with E-state index in [1.807, 2.05) is 24.3 Å². The Hall–Kier alpha value is -1.49. The summed E-state index contributed by atoms with van der Waals surface area (Å²) in [5.41, 5.74) is 7.66. The van der Waals surface area contributed by atoms with Crippen molar-refractivity contribution in [3.63, 3.8) is 0 Å². The minimum Gasteiger partial charge on any atom is -0.399 e. The van der Waals surface area contributed by atoms with Gasteiger partial charge in [-0.05, 0) is 24.3 Å². The van der Waals surface area contributed by atoms with Crippen LogP contribution in [0.3, 0.4) is 0 Å². The molecule has 1 aliphatic heterocycles. The van der Waals surface area contributed by atoms with Crippen molar-refractivity contribution in [2.24, 2.45) is 0 Å². The van der Waals surface area contributed by atoms with E-state index in [1.54, 1.807) is 0 Å². The normalized spacial score (nSPS) is 17.1. The maximum atomic E-state index is 10.4. The molecule has 0 amide bonds. The van der Waals surface area contributed by atoms with Gasteiger partial charge in [0.25, 0.3) is 7.41 Å². The number of nitrogen functional groups attached to an aromatic ring is 1. The molecule has 4 nitrogen and oxygen atoms in total. The van der Waals surface area contributed by atoms with Crippen LogP contribution in [0.5, 0.6) is 0 Å². The standard InChI is InChI=1S/C11H16BN3O/c13-10-1-3-11(4-2-10)14-5-7-15(8-6-14)12-9-16/h1-4,9,12H,5-8,13H2. The largest absolute Gasteiger partial charge is 0.399 e. The quantitative estimate of drug-likeness (QED) is 0.437. The summed E-state index contributed by atoms with van der Waals surface area (Å²) < 4.78 is 0. The molecule has 0 spiro atoms. The highest BCUT2D eigenvalue weighted by Crippen LogP contribution is 2.17. The Morgan fingerprint density at radius 3 is 2.31 bits per heavy atom. The van der Waals surface area contributed by atoms with Gasteiger partial charge in [0.1, 0.15) is 0 Å². The fourth-order valence-electron chi connectivity index (χ4n) is 1.98. The first-order valence-corrected chi connectivity index (χ1v) is 5.56. The number of rotatable bonds is 3. The Morgan fingerprint density at radius 2 is 1.75 bits per heavy atom. The highest BCUT2D eigenvalue weighted by atomic mass is 16.1. The molecule has 16 heavy (non-hydrogen) atoms. The Labute approximate surface area is 96.3 Å². The summed E-state index contributed by atoms with van der Waals surface area (Å²) in [6.07, 6.45) is 0.971. The maximum absolute atomic E-state index is 10.4. The summed E-state index contributed by atoms with van der Waals surface area (Å²) in [6, 6.07) is 7.94. The molecule has 0 atom stereocenters. The van der Waals surface area contributed by atoms with Crippen LogP contribution < -0.4 is 10.6 Å². The van der Waals surface area contributed by atoms with Crippen molar-refractivity contribution in [3.8, 4) is 0 Å². The zero-order valence-electron chi connectivity index (χ0n) is 9.30. The van der Waals surface area contributed by atoms with Crippen molar-refractivity contribution in [1.29, 1.82) is 0 Å². The van der Waals surface area contributed by atoms with Crippen molar-refractivity contribution < 1.29 is 4.79 Å².